The van der Waals surface area contributed by atoms with Crippen LogP contribution in [0.3, 0.4) is 0 Å². The Morgan fingerprint density at radius 2 is 0.678 bits per heavy atom. The maximum Gasteiger partial charge on any atom is 0.200 e. The molecule has 87 heavy (non-hydrogen) atoms. The van der Waals surface area contributed by atoms with Gasteiger partial charge in [-0.05, 0) is 0 Å². The normalized spacial score (nSPS) is 39.4. The van der Waals surface area contributed by atoms with Gasteiger partial charge in [0, 0.05) is 95.1 Å². The van der Waals surface area contributed by atoms with Crippen LogP contribution in [0.1, 0.15) is 13.8 Å². The average molecular weight is 1360 g/mol. The first kappa shape index (κ1) is 82.3. The van der Waals surface area contributed by atoms with E-state index in [0.29, 0.717) is 19.8 Å². The van der Waals surface area contributed by atoms with Crippen LogP contribution >= 0.6 is 20.2 Å². The summed E-state index contributed by atoms with van der Waals surface area (Å²) in [7, 11) is 49.3. The molecule has 0 saturated carbocycles. The van der Waals surface area contributed by atoms with Crippen LogP contribution in [0.15, 0.2) is 0 Å². The van der Waals surface area contributed by atoms with Gasteiger partial charge in [-0.15, -0.1) is 0 Å². The molecule has 494 valence electrons. The molecule has 6 fully saturated rings. The van der Waals surface area contributed by atoms with E-state index in [1.807, 2.05) is 13.8 Å². The molecule has 6 aliphatic rings. The third kappa shape index (κ3) is 24.9. The van der Waals surface area contributed by atoms with E-state index in [-0.39, 0.29) is 39.6 Å². The van der Waals surface area contributed by atoms with Crippen molar-refractivity contribution in [3.05, 3.63) is 0 Å². The van der Waals surface area contributed by atoms with Crippen molar-refractivity contribution < 1.29 is 136 Å². The van der Waals surface area contributed by atoms with E-state index < -0.39 is 173 Å². The molecule has 6 saturated heterocycles. The third-order valence-corrected chi connectivity index (χ3v) is 18.2. The number of halogens is 2. The molecule has 41 heteroatoms. The Balaban J connectivity index is 0.000000340. The van der Waals surface area contributed by atoms with Crippen molar-refractivity contribution in [2.75, 3.05) is 137 Å². The number of alkyl halides is 2. The van der Waals surface area contributed by atoms with E-state index in [1.54, 1.807) is 14.2 Å². The molecule has 6 heterocycles. The zero-order valence-corrected chi connectivity index (χ0v) is 55.9. The van der Waals surface area contributed by atoms with E-state index in [4.69, 9.17) is 195 Å². The molecule has 12 radical (unpaired) electrons. The van der Waals surface area contributed by atoms with Crippen molar-refractivity contribution in [1.82, 2.24) is 0 Å². The van der Waals surface area contributed by atoms with Gasteiger partial charge < -0.3 is 134 Å². The molecule has 0 bridgehead atoms. The minimum Gasteiger partial charge on any atom is -0.780 e. The Labute approximate surface area is 533 Å². The summed E-state index contributed by atoms with van der Waals surface area (Å²) in [5.41, 5.74) is 0. The number of hydrogen-bond donors (Lipinski definition) is 0. The minimum atomic E-state index is -4.14. The highest BCUT2D eigenvalue weighted by Crippen LogP contribution is 2.51. The Morgan fingerprint density at radius 3 is 1.07 bits per heavy atom. The number of rotatable bonds is 34. The van der Waals surface area contributed by atoms with Crippen molar-refractivity contribution in [3.8, 4) is 0 Å². The van der Waals surface area contributed by atoms with E-state index >= 15 is 0 Å². The van der Waals surface area contributed by atoms with Crippen molar-refractivity contribution in [2.45, 2.75) is 160 Å². The third-order valence-electron chi connectivity index (χ3n) is 13.5. The molecular weight excluding hydrogens is 1280 g/mol. The second kappa shape index (κ2) is 41.3. The number of hydrogen-bond acceptors (Lipinski definition) is 30. The summed E-state index contributed by atoms with van der Waals surface area (Å²) >= 11 is 14.9. The van der Waals surface area contributed by atoms with Crippen LogP contribution in [0.5, 0.6) is 0 Å². The second-order valence-corrected chi connectivity index (χ2v) is 27.3. The molecule has 6 rings (SSSR count). The Kier molecular flexibility index (Phi) is 39.0. The molecule has 27 atom stereocenters. The summed E-state index contributed by atoms with van der Waals surface area (Å²) in [4.78, 5) is 25.3. The Bertz CT molecular complexity index is 2060. The highest BCUT2D eigenvalue weighted by Gasteiger charge is 2.50. The molecule has 0 aromatic rings. The monoisotopic (exact) mass is 1360 g/mol. The summed E-state index contributed by atoms with van der Waals surface area (Å²) in [5.74, 6) is 0. The minimum absolute atomic E-state index is 0.0377. The van der Waals surface area contributed by atoms with Crippen LogP contribution in [-0.4, -0.2) is 330 Å². The van der Waals surface area contributed by atoms with Gasteiger partial charge in [0.1, 0.15) is 171 Å². The predicted octanol–water partition coefficient (Wildman–Crippen LogP) is -1.87. The number of methoxy groups -OCH3 is 10. The molecule has 0 amide bonds. The highest BCUT2D eigenvalue weighted by atomic mass is 32.7. The van der Waals surface area contributed by atoms with Gasteiger partial charge in [0.05, 0.1) is 78.1 Å². The molecule has 27 nitrogen and oxygen atoms in total. The Morgan fingerprint density at radius 1 is 0.391 bits per heavy atom. The fourth-order valence-electron chi connectivity index (χ4n) is 9.53. The molecular formula is C46H80B6F2O27P3S3-3. The topological polar surface area (TPSA) is 285 Å². The first-order chi connectivity index (χ1) is 41.2. The fourth-order valence-corrected chi connectivity index (χ4v) is 13.8. The van der Waals surface area contributed by atoms with E-state index in [1.165, 1.54) is 56.9 Å². The zero-order chi connectivity index (χ0) is 65.4. The summed E-state index contributed by atoms with van der Waals surface area (Å²) in [6.45, 7) is -7.32. The standard InChI is InChI=1S/C18H33B2O11PS.C14H25B2O9PS.C12H19B2F2O7PS.C2H6/c1-22-5-7-26-15-13(25-4)12(30-17(15)19)10-28-32(21,33)31-14-11(9-24-3)29-18(20)16(14)27-8-6-23-2;1-18-5-7-10(12(21-4)14(16)23-7)25-26(17,27)22-6-8-9(19-2)11(20-3)13(15)24-8;1-18-3-5-10(8(16)12(14)21-5)23-24(17,25)20-4-6-9(19-2)7(15)11(13)22-6;1-2/h11-18H,5-10H2,1-4H3,(H,21,33);7-14H,5-6H2,1-4H3,(H,17,27);5-12H,3-4H2,1-2H3,(H,17,25);1-2H3/p-3/t11-,12-,13?,14?,15+,16+,17-,18-,32?;7-,8-,9?,10?,11+,12+,13-,14-,26?;5-,6-,7+,8+,9?,10?,11-,12-,24?;/m111./s1. The summed E-state index contributed by atoms with van der Waals surface area (Å²) in [6, 6.07) is -5.54. The van der Waals surface area contributed by atoms with Crippen LogP contribution < -0.4 is 9.79 Å². The molecule has 6 aliphatic heterocycles. The molecule has 9 unspecified atom stereocenters. The van der Waals surface area contributed by atoms with Crippen molar-refractivity contribution >= 4 is 103 Å². The summed E-state index contributed by atoms with van der Waals surface area (Å²) in [6.07, 6.45) is -15.3. The van der Waals surface area contributed by atoms with Gasteiger partial charge in [0.15, 0.2) is 6.80 Å². The van der Waals surface area contributed by atoms with Gasteiger partial charge in [-0.2, -0.15) is 0 Å². The lowest BCUT2D eigenvalue weighted by atomic mass is 9.93. The maximum atomic E-state index is 14.1. The SMILES string of the molecule is CC.[B][C@@H]1O[C@H](COP(=O)([S-])OC2[C@@H](COC)O[C@@H]([B])[C@H]2OC)C(OC)[C@@H]1OC.[B][C@@H]1O[C@H](COP([O-])(=S)OC2[C@@H](COC)O[C@@H]([B])[C@H]2F)C(OC)[C@@H]1F.[B][C@@H]1O[C@H](COP([O-])(=S)OC2[C@@H](COC)O[C@@H]([B])[C@H]2OCCOC)C(OC)[C@@H]1OCCOC. The molecule has 0 aliphatic carbocycles. The smallest absolute Gasteiger partial charge is 0.200 e. The predicted molar refractivity (Wildman–Crippen MR) is 316 cm³/mol. The van der Waals surface area contributed by atoms with Crippen LogP contribution in [0.2, 0.25) is 0 Å². The summed E-state index contributed by atoms with van der Waals surface area (Å²) in [5, 5.41) is 0. The van der Waals surface area contributed by atoms with Gasteiger partial charge in [0.2, 0.25) is 0 Å². The largest absolute Gasteiger partial charge is 0.780 e. The second-order valence-electron chi connectivity index (χ2n) is 19.2. The van der Waals surface area contributed by atoms with Crippen molar-refractivity contribution in [2.24, 2.45) is 0 Å². The van der Waals surface area contributed by atoms with Crippen LogP contribution in [0, 0.1) is 0 Å². The first-order valence-electron chi connectivity index (χ1n) is 27.2. The van der Waals surface area contributed by atoms with E-state index in [2.05, 4.69) is 0 Å². The quantitative estimate of drug-likeness (QED) is 0.0295. The molecule has 0 aromatic heterocycles. The lowest BCUT2D eigenvalue weighted by Gasteiger charge is -2.35. The molecule has 0 aromatic carbocycles. The van der Waals surface area contributed by atoms with Gasteiger partial charge >= 0.3 is 0 Å². The molecule has 0 N–H and O–H groups in total. The van der Waals surface area contributed by atoms with Crippen LogP contribution in [0.4, 0.5) is 8.78 Å². The maximum absolute atomic E-state index is 14.1. The lowest BCUT2D eigenvalue weighted by Crippen LogP contribution is -2.41. The fraction of sp³-hybridized carbons (Fsp3) is 1.00. The van der Waals surface area contributed by atoms with Crippen molar-refractivity contribution in [1.29, 1.82) is 0 Å². The Hall–Kier alpha value is 1.09. The van der Waals surface area contributed by atoms with Crippen LogP contribution in [-0.2, 0) is 153 Å². The van der Waals surface area contributed by atoms with E-state index in [0.717, 1.165) is 0 Å². The van der Waals surface area contributed by atoms with Gasteiger partial charge in [-0.3, -0.25) is 4.57 Å². The van der Waals surface area contributed by atoms with E-state index in [9.17, 15) is 23.1 Å². The van der Waals surface area contributed by atoms with Gasteiger partial charge in [-0.25, -0.2) is 8.78 Å². The number of ether oxygens (including phenoxy) is 18. The zero-order valence-electron chi connectivity index (χ0n) is 50.7. The first-order valence-corrected chi connectivity index (χ1v) is 34.9. The highest BCUT2D eigenvalue weighted by molar-refractivity contribution is 8.32. The van der Waals surface area contributed by atoms with Crippen LogP contribution in [0.25, 0.3) is 0 Å². The lowest BCUT2D eigenvalue weighted by molar-refractivity contribution is -0.219. The average Bonchev–Trinajstić information content (AvgIpc) is 2.94. The molecule has 0 spiro atoms. The van der Waals surface area contributed by atoms with Crippen molar-refractivity contribution in [3.63, 3.8) is 0 Å². The summed E-state index contributed by atoms with van der Waals surface area (Å²) < 4.78 is 168. The van der Waals surface area contributed by atoms with Gasteiger partial charge in [-0.1, -0.05) is 37.5 Å². The van der Waals surface area contributed by atoms with Gasteiger partial charge in [0.25, 0.3) is 0 Å².